The molecule has 0 radical (unpaired) electrons. The number of sulfonamides is 1. The summed E-state index contributed by atoms with van der Waals surface area (Å²) in [5.41, 5.74) is 1.03. The zero-order valence-electron chi connectivity index (χ0n) is 12.1. The molecule has 0 bridgehead atoms. The van der Waals surface area contributed by atoms with Gasteiger partial charge >= 0.3 is 0 Å². The van der Waals surface area contributed by atoms with Crippen LogP contribution in [0.5, 0.6) is 5.75 Å². The minimum Gasteiger partial charge on any atom is -0.438 e. The van der Waals surface area contributed by atoms with Crippen molar-refractivity contribution < 1.29 is 18.1 Å². The maximum absolute atomic E-state index is 12.0. The van der Waals surface area contributed by atoms with Crippen molar-refractivity contribution in [3.63, 3.8) is 0 Å². The number of nitro benzene ring substituents is 1. The molecule has 0 amide bonds. The van der Waals surface area contributed by atoms with Crippen LogP contribution in [0.3, 0.4) is 0 Å². The summed E-state index contributed by atoms with van der Waals surface area (Å²) in [5, 5.41) is 10.8. The van der Waals surface area contributed by atoms with Crippen LogP contribution in [0, 0.1) is 10.1 Å². The Balaban J connectivity index is 1.98. The van der Waals surface area contributed by atoms with E-state index in [1.165, 1.54) is 12.1 Å². The molecule has 1 aliphatic rings. The van der Waals surface area contributed by atoms with Crippen LogP contribution < -0.4 is 4.74 Å². The Morgan fingerprint density at radius 2 is 1.87 bits per heavy atom. The van der Waals surface area contributed by atoms with Gasteiger partial charge in [0.05, 0.1) is 10.5 Å². The normalized spacial score (nSPS) is 14.9. The zero-order chi connectivity index (χ0) is 16.6. The predicted molar refractivity (Wildman–Crippen MR) is 83.3 cm³/mol. The number of nitrogens with zero attached hydrogens (tertiary/aromatic N) is 2. The lowest BCUT2D eigenvalue weighted by molar-refractivity contribution is -0.385. The zero-order valence-corrected chi connectivity index (χ0v) is 12.9. The molecule has 0 spiro atoms. The number of ether oxygens (including phenoxy) is 1. The Kier molecular flexibility index (Phi) is 3.61. The number of aryl methyl sites for hydroxylation is 1. The van der Waals surface area contributed by atoms with Crippen LogP contribution in [-0.4, -0.2) is 19.2 Å². The fourth-order valence-electron chi connectivity index (χ4n) is 2.20. The highest BCUT2D eigenvalue weighted by Gasteiger charge is 2.32. The van der Waals surface area contributed by atoms with Crippen molar-refractivity contribution in [3.8, 4) is 5.75 Å². The monoisotopic (exact) mass is 332 g/mol. The van der Waals surface area contributed by atoms with Crippen LogP contribution >= 0.6 is 0 Å². The molecule has 0 N–H and O–H groups in total. The first-order valence-corrected chi connectivity index (χ1v) is 8.25. The van der Waals surface area contributed by atoms with Gasteiger partial charge in [0.15, 0.2) is 0 Å². The number of hydrogen-bond donors (Lipinski definition) is 0. The topological polar surface area (TPSA) is 98.9 Å². The average molecular weight is 332 g/mol. The number of hydrogen-bond acceptors (Lipinski definition) is 5. The number of benzene rings is 2. The molecule has 0 aliphatic carbocycles. The standard InChI is InChI=1S/C15H12N2O5S/c1-2-10-3-6-12(7-4-10)22-15-13-8-5-11(17(18)19)9-14(13)23(20,21)16-15/h3-9H,2H2,1H3. The van der Waals surface area contributed by atoms with Gasteiger partial charge in [-0.1, -0.05) is 19.1 Å². The second-order valence-corrected chi connectivity index (χ2v) is 6.48. The van der Waals surface area contributed by atoms with Gasteiger partial charge in [0, 0.05) is 12.1 Å². The maximum atomic E-state index is 12.0. The summed E-state index contributed by atoms with van der Waals surface area (Å²) in [5.74, 6) is 0.362. The molecule has 1 heterocycles. The lowest BCUT2D eigenvalue weighted by atomic mass is 10.1. The van der Waals surface area contributed by atoms with Crippen LogP contribution in [0.1, 0.15) is 18.1 Å². The largest absolute Gasteiger partial charge is 0.438 e. The Bertz CT molecular complexity index is 917. The molecule has 0 saturated heterocycles. The number of rotatable bonds is 3. The highest BCUT2D eigenvalue weighted by molar-refractivity contribution is 7.90. The second kappa shape index (κ2) is 5.47. The molecular formula is C15H12N2O5S. The van der Waals surface area contributed by atoms with Crippen LogP contribution in [0.15, 0.2) is 51.8 Å². The Labute approximate surface area is 132 Å². The number of nitro groups is 1. The van der Waals surface area contributed by atoms with Crippen molar-refractivity contribution >= 4 is 21.6 Å². The summed E-state index contributed by atoms with van der Waals surface area (Å²) in [6.45, 7) is 2.02. The van der Waals surface area contributed by atoms with E-state index in [2.05, 4.69) is 4.40 Å². The van der Waals surface area contributed by atoms with Gasteiger partial charge in [-0.3, -0.25) is 10.1 Å². The molecule has 0 atom stereocenters. The van der Waals surface area contributed by atoms with Crippen molar-refractivity contribution in [1.82, 2.24) is 0 Å². The summed E-state index contributed by atoms with van der Waals surface area (Å²) in [6.07, 6.45) is 0.877. The molecule has 0 unspecified atom stereocenters. The minimum atomic E-state index is -3.99. The van der Waals surface area contributed by atoms with Gasteiger partial charge in [-0.05, 0) is 30.2 Å². The molecule has 0 saturated carbocycles. The highest BCUT2D eigenvalue weighted by atomic mass is 32.2. The quantitative estimate of drug-likeness (QED) is 0.635. The maximum Gasteiger partial charge on any atom is 0.286 e. The van der Waals surface area contributed by atoms with Gasteiger partial charge < -0.3 is 4.74 Å². The molecule has 0 aromatic heterocycles. The lowest BCUT2D eigenvalue weighted by Gasteiger charge is -2.06. The summed E-state index contributed by atoms with van der Waals surface area (Å²) < 4.78 is 33.2. The first-order valence-electron chi connectivity index (χ1n) is 6.81. The van der Waals surface area contributed by atoms with E-state index in [0.29, 0.717) is 5.75 Å². The van der Waals surface area contributed by atoms with Gasteiger partial charge in [0.1, 0.15) is 10.6 Å². The lowest BCUT2D eigenvalue weighted by Crippen LogP contribution is -2.08. The molecule has 8 heteroatoms. The fourth-order valence-corrected chi connectivity index (χ4v) is 3.36. The van der Waals surface area contributed by atoms with Crippen LogP contribution in [0.4, 0.5) is 5.69 Å². The smallest absolute Gasteiger partial charge is 0.286 e. The van der Waals surface area contributed by atoms with Gasteiger partial charge in [0.2, 0.25) is 5.90 Å². The van der Waals surface area contributed by atoms with Gasteiger partial charge in [-0.15, -0.1) is 4.40 Å². The average Bonchev–Trinajstić information content (AvgIpc) is 2.78. The second-order valence-electron chi connectivity index (χ2n) is 4.91. The van der Waals surface area contributed by atoms with E-state index >= 15 is 0 Å². The van der Waals surface area contributed by atoms with Crippen molar-refractivity contribution in [2.45, 2.75) is 18.2 Å². The third-order valence-corrected chi connectivity index (χ3v) is 4.73. The van der Waals surface area contributed by atoms with E-state index in [1.54, 1.807) is 12.1 Å². The highest BCUT2D eigenvalue weighted by Crippen LogP contribution is 2.31. The fraction of sp³-hybridized carbons (Fsp3) is 0.133. The summed E-state index contributed by atoms with van der Waals surface area (Å²) in [4.78, 5) is 9.92. The van der Waals surface area contributed by atoms with Gasteiger partial charge in [-0.25, -0.2) is 0 Å². The Morgan fingerprint density at radius 3 is 2.48 bits per heavy atom. The third kappa shape index (κ3) is 2.80. The van der Waals surface area contributed by atoms with Crippen molar-refractivity contribution in [2.24, 2.45) is 4.40 Å². The molecule has 2 aromatic carbocycles. The molecule has 23 heavy (non-hydrogen) atoms. The molecular weight excluding hydrogens is 320 g/mol. The Hall–Kier alpha value is -2.74. The third-order valence-electron chi connectivity index (χ3n) is 3.43. The van der Waals surface area contributed by atoms with Crippen LogP contribution in [0.25, 0.3) is 0 Å². The van der Waals surface area contributed by atoms with E-state index in [1.807, 2.05) is 19.1 Å². The Morgan fingerprint density at radius 1 is 1.17 bits per heavy atom. The van der Waals surface area contributed by atoms with E-state index < -0.39 is 14.9 Å². The van der Waals surface area contributed by atoms with E-state index in [4.69, 9.17) is 4.74 Å². The number of non-ortho nitro benzene ring substituents is 1. The predicted octanol–water partition coefficient (Wildman–Crippen LogP) is 2.69. The summed E-state index contributed by atoms with van der Waals surface area (Å²) >= 11 is 0. The minimum absolute atomic E-state index is 0.0841. The van der Waals surface area contributed by atoms with Crippen molar-refractivity contribution in [3.05, 3.63) is 63.7 Å². The molecule has 3 rings (SSSR count). The van der Waals surface area contributed by atoms with Crippen molar-refractivity contribution in [1.29, 1.82) is 0 Å². The SMILES string of the molecule is CCc1ccc(OC2=NS(=O)(=O)c3cc([N+](=O)[O-])ccc32)cc1. The van der Waals surface area contributed by atoms with Gasteiger partial charge in [0.25, 0.3) is 15.7 Å². The molecule has 118 valence electrons. The van der Waals surface area contributed by atoms with E-state index in [-0.39, 0.29) is 22.0 Å². The molecule has 7 nitrogen and oxygen atoms in total. The van der Waals surface area contributed by atoms with Crippen LogP contribution in [-0.2, 0) is 16.4 Å². The van der Waals surface area contributed by atoms with E-state index in [9.17, 15) is 18.5 Å². The first-order chi connectivity index (χ1) is 10.9. The van der Waals surface area contributed by atoms with E-state index in [0.717, 1.165) is 18.1 Å². The molecule has 1 aliphatic heterocycles. The summed E-state index contributed by atoms with van der Waals surface area (Å²) in [7, 11) is -3.99. The molecule has 2 aromatic rings. The number of fused-ring (bicyclic) bond motifs is 1. The van der Waals surface area contributed by atoms with Gasteiger partial charge in [-0.2, -0.15) is 8.42 Å². The van der Waals surface area contributed by atoms with Crippen LogP contribution in [0.2, 0.25) is 0 Å². The first kappa shape index (κ1) is 15.2. The molecule has 0 fully saturated rings. The van der Waals surface area contributed by atoms with Crippen molar-refractivity contribution in [2.75, 3.05) is 0 Å². The summed E-state index contributed by atoms with van der Waals surface area (Å²) in [6, 6.07) is 10.7.